The minimum atomic E-state index is -3.74. The Morgan fingerprint density at radius 2 is 1.59 bits per heavy atom. The van der Waals surface area contributed by atoms with Gasteiger partial charge in [0, 0.05) is 13.1 Å². The second-order valence-corrected chi connectivity index (χ2v) is 10.5. The summed E-state index contributed by atoms with van der Waals surface area (Å²) < 4.78 is 26.5. The van der Waals surface area contributed by atoms with Gasteiger partial charge < -0.3 is 10.2 Å². The molecule has 0 radical (unpaired) electrons. The number of sulfonamides is 1. The zero-order valence-electron chi connectivity index (χ0n) is 20.9. The second kappa shape index (κ2) is 12.6. The Morgan fingerprint density at radius 1 is 0.971 bits per heavy atom. The third kappa shape index (κ3) is 7.32. The van der Waals surface area contributed by atoms with Gasteiger partial charge in [0.25, 0.3) is 0 Å². The third-order valence-electron chi connectivity index (χ3n) is 5.88. The number of aryl methyl sites for hydroxylation is 2. The van der Waals surface area contributed by atoms with Crippen molar-refractivity contribution in [1.29, 1.82) is 0 Å². The molecule has 2 amide bonds. The van der Waals surface area contributed by atoms with Crippen molar-refractivity contribution in [3.63, 3.8) is 0 Å². The van der Waals surface area contributed by atoms with Crippen molar-refractivity contribution >= 4 is 27.5 Å². The van der Waals surface area contributed by atoms with Gasteiger partial charge in [-0.1, -0.05) is 62.7 Å². The Hall–Kier alpha value is -2.87. The number of unbranched alkanes of at least 4 members (excludes halogenated alkanes) is 1. The maximum absolute atomic E-state index is 13.7. The Morgan fingerprint density at radius 3 is 2.15 bits per heavy atom. The average molecular weight is 488 g/mol. The highest BCUT2D eigenvalue weighted by Gasteiger charge is 2.32. The first-order chi connectivity index (χ1) is 16.1. The summed E-state index contributed by atoms with van der Waals surface area (Å²) in [6, 6.07) is 14.0. The molecule has 0 bridgehead atoms. The molecule has 2 aromatic rings. The number of rotatable bonds is 12. The van der Waals surface area contributed by atoms with Gasteiger partial charge in [-0.25, -0.2) is 8.42 Å². The normalized spacial score (nSPS) is 12.1. The van der Waals surface area contributed by atoms with Crippen LogP contribution in [0.5, 0.6) is 0 Å². The molecule has 2 rings (SSSR count). The minimum Gasteiger partial charge on any atom is -0.354 e. The lowest BCUT2D eigenvalue weighted by molar-refractivity contribution is -0.140. The van der Waals surface area contributed by atoms with Crippen LogP contribution in [0, 0.1) is 13.8 Å². The van der Waals surface area contributed by atoms with Gasteiger partial charge in [-0.15, -0.1) is 0 Å². The van der Waals surface area contributed by atoms with Crippen molar-refractivity contribution in [2.24, 2.45) is 0 Å². The van der Waals surface area contributed by atoms with E-state index < -0.39 is 22.0 Å². The monoisotopic (exact) mass is 487 g/mol. The molecule has 2 aromatic carbocycles. The molecule has 0 unspecified atom stereocenters. The van der Waals surface area contributed by atoms with E-state index in [9.17, 15) is 18.0 Å². The molecule has 0 aliphatic carbocycles. The highest BCUT2D eigenvalue weighted by atomic mass is 32.2. The van der Waals surface area contributed by atoms with Crippen molar-refractivity contribution in [3.05, 3.63) is 65.2 Å². The quantitative estimate of drug-likeness (QED) is 0.462. The van der Waals surface area contributed by atoms with E-state index in [4.69, 9.17) is 0 Å². The van der Waals surface area contributed by atoms with E-state index in [1.165, 1.54) is 4.90 Å². The first-order valence-electron chi connectivity index (χ1n) is 11.7. The molecule has 0 aliphatic rings. The van der Waals surface area contributed by atoms with Gasteiger partial charge in [-0.3, -0.25) is 13.9 Å². The molecule has 1 atom stereocenters. The molecule has 0 aromatic heterocycles. The number of hydrogen-bond acceptors (Lipinski definition) is 4. The Bertz CT molecular complexity index is 1080. The first kappa shape index (κ1) is 27.4. The summed E-state index contributed by atoms with van der Waals surface area (Å²) in [5.41, 5.74) is 3.11. The second-order valence-electron chi connectivity index (χ2n) is 8.57. The number of benzene rings is 2. The molecule has 1 N–H and O–H groups in total. The fourth-order valence-electron chi connectivity index (χ4n) is 3.83. The van der Waals surface area contributed by atoms with Crippen LogP contribution in [0.15, 0.2) is 48.5 Å². The largest absolute Gasteiger partial charge is 0.354 e. The van der Waals surface area contributed by atoms with Gasteiger partial charge in [0.1, 0.15) is 12.6 Å². The smallest absolute Gasteiger partial charge is 0.244 e. The van der Waals surface area contributed by atoms with Crippen LogP contribution in [0.3, 0.4) is 0 Å². The molecule has 7 nitrogen and oxygen atoms in total. The molecule has 0 fully saturated rings. The summed E-state index contributed by atoms with van der Waals surface area (Å²) in [6.07, 6.45) is 3.30. The number of nitrogens with zero attached hydrogens (tertiary/aromatic N) is 2. The minimum absolute atomic E-state index is 0.219. The molecule has 34 heavy (non-hydrogen) atoms. The van der Waals surface area contributed by atoms with Crippen LogP contribution in [0.2, 0.25) is 0 Å². The van der Waals surface area contributed by atoms with Crippen LogP contribution < -0.4 is 9.62 Å². The zero-order chi connectivity index (χ0) is 25.3. The summed E-state index contributed by atoms with van der Waals surface area (Å²) in [4.78, 5) is 28.2. The van der Waals surface area contributed by atoms with Crippen molar-refractivity contribution < 1.29 is 18.0 Å². The van der Waals surface area contributed by atoms with Crippen molar-refractivity contribution in [2.75, 3.05) is 23.7 Å². The van der Waals surface area contributed by atoms with Crippen molar-refractivity contribution in [1.82, 2.24) is 10.2 Å². The highest BCUT2D eigenvalue weighted by Crippen LogP contribution is 2.23. The van der Waals surface area contributed by atoms with E-state index in [1.54, 1.807) is 25.1 Å². The van der Waals surface area contributed by atoms with Gasteiger partial charge in [0.2, 0.25) is 21.8 Å². The third-order valence-corrected chi connectivity index (χ3v) is 7.01. The standard InChI is InChI=1S/C26H37N3O4S/c1-6-8-17-27-26(31)23(7-2)28(18-22-15-11-9-13-20(22)3)25(30)19-29(34(5,32)33)24-16-12-10-14-21(24)4/h9-16,23H,6-8,17-19H2,1-5H3,(H,27,31)/t23-/m1/s1. The van der Waals surface area contributed by atoms with E-state index in [0.717, 1.165) is 40.1 Å². The summed E-state index contributed by atoms with van der Waals surface area (Å²) in [7, 11) is -3.74. The molecule has 0 heterocycles. The molecule has 0 spiro atoms. The summed E-state index contributed by atoms with van der Waals surface area (Å²) in [5, 5.41) is 2.93. The van der Waals surface area contributed by atoms with Crippen molar-refractivity contribution in [3.8, 4) is 0 Å². The molecule has 0 aliphatic heterocycles. The Kier molecular flexibility index (Phi) is 10.1. The lowest BCUT2D eigenvalue weighted by Crippen LogP contribution is -2.52. The molecule has 0 saturated carbocycles. The van der Waals surface area contributed by atoms with Gasteiger partial charge in [0.05, 0.1) is 11.9 Å². The maximum atomic E-state index is 13.7. The predicted molar refractivity (Wildman–Crippen MR) is 137 cm³/mol. The summed E-state index contributed by atoms with van der Waals surface area (Å²) in [6.45, 7) is 8.04. The van der Waals surface area contributed by atoms with Crippen LogP contribution in [0.25, 0.3) is 0 Å². The Balaban J connectivity index is 2.43. The van der Waals surface area contributed by atoms with E-state index in [0.29, 0.717) is 18.7 Å². The van der Waals surface area contributed by atoms with Gasteiger partial charge in [-0.2, -0.15) is 0 Å². The fourth-order valence-corrected chi connectivity index (χ4v) is 4.74. The Labute approximate surface area is 204 Å². The zero-order valence-corrected chi connectivity index (χ0v) is 21.7. The van der Waals surface area contributed by atoms with E-state index in [-0.39, 0.29) is 19.0 Å². The van der Waals surface area contributed by atoms with Crippen LogP contribution in [0.4, 0.5) is 5.69 Å². The maximum Gasteiger partial charge on any atom is 0.244 e. The number of para-hydroxylation sites is 1. The van der Waals surface area contributed by atoms with Crippen LogP contribution in [0.1, 0.15) is 49.8 Å². The van der Waals surface area contributed by atoms with Crippen LogP contribution >= 0.6 is 0 Å². The summed E-state index contributed by atoms with van der Waals surface area (Å²) >= 11 is 0. The lowest BCUT2D eigenvalue weighted by atomic mass is 10.1. The first-order valence-corrected chi connectivity index (χ1v) is 13.6. The van der Waals surface area contributed by atoms with E-state index >= 15 is 0 Å². The number of nitrogens with one attached hydrogen (secondary N) is 1. The predicted octanol–water partition coefficient (Wildman–Crippen LogP) is 3.79. The molecule has 0 saturated heterocycles. The van der Waals surface area contributed by atoms with E-state index in [1.807, 2.05) is 51.1 Å². The van der Waals surface area contributed by atoms with Crippen LogP contribution in [-0.2, 0) is 26.2 Å². The number of carbonyl (C=O) groups is 2. The number of amides is 2. The highest BCUT2D eigenvalue weighted by molar-refractivity contribution is 7.92. The molecule has 8 heteroatoms. The van der Waals surface area contributed by atoms with E-state index in [2.05, 4.69) is 5.32 Å². The number of hydrogen-bond donors (Lipinski definition) is 1. The number of carbonyl (C=O) groups excluding carboxylic acids is 2. The summed E-state index contributed by atoms with van der Waals surface area (Å²) in [5.74, 6) is -0.644. The van der Waals surface area contributed by atoms with Gasteiger partial charge in [0.15, 0.2) is 0 Å². The molecular weight excluding hydrogens is 450 g/mol. The number of anilines is 1. The van der Waals surface area contributed by atoms with Gasteiger partial charge >= 0.3 is 0 Å². The molecular formula is C26H37N3O4S. The average Bonchev–Trinajstić information content (AvgIpc) is 2.78. The van der Waals surface area contributed by atoms with Crippen molar-refractivity contribution in [2.45, 2.75) is 59.5 Å². The topological polar surface area (TPSA) is 86.8 Å². The SMILES string of the molecule is CCCCNC(=O)[C@@H](CC)N(Cc1ccccc1C)C(=O)CN(c1ccccc1C)S(C)(=O)=O. The molecule has 186 valence electrons. The fraction of sp³-hybridized carbons (Fsp3) is 0.462. The lowest BCUT2D eigenvalue weighted by Gasteiger charge is -2.33. The van der Waals surface area contributed by atoms with Gasteiger partial charge in [-0.05, 0) is 49.4 Å². The van der Waals surface area contributed by atoms with Crippen LogP contribution in [-0.4, -0.2) is 50.5 Å².